The van der Waals surface area contributed by atoms with E-state index in [2.05, 4.69) is 25.7 Å². The first-order valence-electron chi connectivity index (χ1n) is 11.7. The lowest BCUT2D eigenvalue weighted by atomic mass is 9.49. The molecule has 0 aliphatic heterocycles. The van der Waals surface area contributed by atoms with Crippen LogP contribution in [0, 0.1) is 40.3 Å². The number of anilines is 1. The van der Waals surface area contributed by atoms with Gasteiger partial charge in [-0.2, -0.15) is 0 Å². The lowest BCUT2D eigenvalue weighted by Crippen LogP contribution is -2.52. The van der Waals surface area contributed by atoms with Crippen molar-refractivity contribution < 1.29 is 14.6 Å². The van der Waals surface area contributed by atoms with Crippen LogP contribution in [0.2, 0.25) is 0 Å². The van der Waals surface area contributed by atoms with E-state index < -0.39 is 0 Å². The molecule has 0 aromatic heterocycles. The highest BCUT2D eigenvalue weighted by atomic mass is 19.1. The van der Waals surface area contributed by atoms with Gasteiger partial charge in [0.2, 0.25) is 0 Å². The first-order chi connectivity index (χ1) is 14.3. The van der Waals surface area contributed by atoms with Crippen LogP contribution in [0.3, 0.4) is 0 Å². The van der Waals surface area contributed by atoms with E-state index in [4.69, 9.17) is 0 Å². The molecule has 7 atom stereocenters. The number of rotatable bonds is 5. The Balaban J connectivity index is 1.57. The molecule has 3 fully saturated rings. The maximum Gasteiger partial charge on any atom is 0.125 e. The van der Waals surface area contributed by atoms with E-state index in [0.29, 0.717) is 17.8 Å². The second kappa shape index (κ2) is 8.27. The Kier molecular flexibility index (Phi) is 6.02. The topological polar surface area (TPSA) is 52.5 Å². The summed E-state index contributed by atoms with van der Waals surface area (Å²) in [5, 5.41) is 24.4. The molecule has 0 radical (unpaired) electrons. The summed E-state index contributed by atoms with van der Waals surface area (Å²) < 4.78 is 13.6. The van der Waals surface area contributed by atoms with E-state index in [1.807, 2.05) is 6.07 Å². The Bertz CT molecular complexity index is 782. The maximum absolute atomic E-state index is 13.6. The Labute approximate surface area is 180 Å². The van der Waals surface area contributed by atoms with E-state index in [9.17, 15) is 14.6 Å². The van der Waals surface area contributed by atoms with Crippen LogP contribution < -0.4 is 5.32 Å². The number of fused-ring (bicyclic) bond motifs is 1. The minimum Gasteiger partial charge on any atom is -0.396 e. The first-order valence-corrected chi connectivity index (χ1v) is 11.7. The number of halogens is 1. The van der Waals surface area contributed by atoms with Crippen LogP contribution >= 0.6 is 0 Å². The SMILES string of the molecule is C=C1CCC2[C@H](CO)C([C@@]3(C)CC[C@H](O)C[C@@H]3CNc3cccc(F)c3)CC[C@]12C. The third-order valence-corrected chi connectivity index (χ3v) is 9.33. The summed E-state index contributed by atoms with van der Waals surface area (Å²) in [6.07, 6.45) is 6.80. The predicted octanol–water partition coefficient (Wildman–Crippen LogP) is 5.40. The van der Waals surface area contributed by atoms with Gasteiger partial charge in [-0.15, -0.1) is 0 Å². The molecule has 2 unspecified atom stereocenters. The lowest BCUT2D eigenvalue weighted by Gasteiger charge is -2.56. The van der Waals surface area contributed by atoms with Gasteiger partial charge in [0.25, 0.3) is 0 Å². The molecule has 0 heterocycles. The molecule has 1 aromatic rings. The van der Waals surface area contributed by atoms with Gasteiger partial charge < -0.3 is 15.5 Å². The van der Waals surface area contributed by atoms with Gasteiger partial charge in [-0.25, -0.2) is 4.39 Å². The Morgan fingerprint density at radius 1 is 1.17 bits per heavy atom. The second-order valence-electron chi connectivity index (χ2n) is 10.7. The van der Waals surface area contributed by atoms with Crippen molar-refractivity contribution in [3.8, 4) is 0 Å². The van der Waals surface area contributed by atoms with Crippen molar-refractivity contribution in [2.75, 3.05) is 18.5 Å². The van der Waals surface area contributed by atoms with Gasteiger partial charge in [0.05, 0.1) is 6.10 Å². The minimum absolute atomic E-state index is 0.0538. The number of benzene rings is 1. The lowest BCUT2D eigenvalue weighted by molar-refractivity contribution is -0.0904. The molecule has 4 rings (SSSR count). The molecule has 30 heavy (non-hydrogen) atoms. The van der Waals surface area contributed by atoms with Crippen LogP contribution in [-0.2, 0) is 0 Å². The molecule has 3 saturated carbocycles. The highest BCUT2D eigenvalue weighted by molar-refractivity contribution is 5.43. The third-order valence-electron chi connectivity index (χ3n) is 9.33. The van der Waals surface area contributed by atoms with Gasteiger partial charge in [0, 0.05) is 18.8 Å². The number of aliphatic hydroxyl groups excluding tert-OH is 2. The van der Waals surface area contributed by atoms with Crippen LogP contribution in [0.25, 0.3) is 0 Å². The van der Waals surface area contributed by atoms with Crippen molar-refractivity contribution in [3.63, 3.8) is 0 Å². The fourth-order valence-corrected chi connectivity index (χ4v) is 7.31. The summed E-state index contributed by atoms with van der Waals surface area (Å²) in [6, 6.07) is 6.61. The summed E-state index contributed by atoms with van der Waals surface area (Å²) in [7, 11) is 0. The Morgan fingerprint density at radius 2 is 1.97 bits per heavy atom. The fourth-order valence-electron chi connectivity index (χ4n) is 7.31. The fraction of sp³-hybridized carbons (Fsp3) is 0.692. The average molecular weight is 416 g/mol. The average Bonchev–Trinajstić information content (AvgIpc) is 3.03. The minimum atomic E-state index is -0.273. The zero-order valence-corrected chi connectivity index (χ0v) is 18.5. The molecule has 0 bridgehead atoms. The van der Waals surface area contributed by atoms with Gasteiger partial charge in [-0.1, -0.05) is 32.1 Å². The summed E-state index contributed by atoms with van der Waals surface area (Å²) in [4.78, 5) is 0. The van der Waals surface area contributed by atoms with Gasteiger partial charge >= 0.3 is 0 Å². The molecule has 166 valence electrons. The molecule has 0 saturated heterocycles. The summed E-state index contributed by atoms with van der Waals surface area (Å²) in [6.45, 7) is 10.1. The van der Waals surface area contributed by atoms with Gasteiger partial charge in [-0.05, 0) is 97.6 Å². The van der Waals surface area contributed by atoms with Crippen molar-refractivity contribution in [1.29, 1.82) is 0 Å². The van der Waals surface area contributed by atoms with Crippen molar-refractivity contribution >= 4 is 5.69 Å². The summed E-state index contributed by atoms with van der Waals surface area (Å²) >= 11 is 0. The molecule has 3 aliphatic rings. The van der Waals surface area contributed by atoms with Crippen LogP contribution in [0.4, 0.5) is 10.1 Å². The summed E-state index contributed by atoms with van der Waals surface area (Å²) in [5.41, 5.74) is 2.39. The quantitative estimate of drug-likeness (QED) is 0.565. The van der Waals surface area contributed by atoms with E-state index in [0.717, 1.165) is 57.2 Å². The normalized spacial score (nSPS) is 41.5. The Hall–Kier alpha value is -1.39. The van der Waals surface area contributed by atoms with Crippen molar-refractivity contribution in [1.82, 2.24) is 0 Å². The molecule has 3 nitrogen and oxygen atoms in total. The number of hydrogen-bond acceptors (Lipinski definition) is 3. The van der Waals surface area contributed by atoms with Gasteiger partial charge in [0.15, 0.2) is 0 Å². The van der Waals surface area contributed by atoms with Gasteiger partial charge in [-0.3, -0.25) is 0 Å². The molecule has 0 amide bonds. The molecule has 0 spiro atoms. The monoisotopic (exact) mass is 415 g/mol. The zero-order valence-electron chi connectivity index (χ0n) is 18.5. The zero-order chi connectivity index (χ0) is 21.5. The predicted molar refractivity (Wildman–Crippen MR) is 120 cm³/mol. The van der Waals surface area contributed by atoms with Crippen molar-refractivity contribution in [2.24, 2.45) is 34.5 Å². The molecular formula is C26H38FNO2. The second-order valence-corrected chi connectivity index (χ2v) is 10.7. The highest BCUT2D eigenvalue weighted by Gasteiger charge is 2.56. The summed E-state index contributed by atoms with van der Waals surface area (Å²) in [5.74, 6) is 1.30. The first kappa shape index (κ1) is 21.8. The van der Waals surface area contributed by atoms with E-state index in [-0.39, 0.29) is 35.3 Å². The van der Waals surface area contributed by atoms with Crippen molar-refractivity contribution in [3.05, 3.63) is 42.2 Å². The smallest absolute Gasteiger partial charge is 0.125 e. The number of allylic oxidation sites excluding steroid dienone is 1. The molecule has 3 aliphatic carbocycles. The maximum atomic E-state index is 13.6. The number of hydrogen-bond donors (Lipinski definition) is 3. The number of aliphatic hydroxyl groups is 2. The molecule has 3 N–H and O–H groups in total. The van der Waals surface area contributed by atoms with E-state index >= 15 is 0 Å². The van der Waals surface area contributed by atoms with Crippen molar-refractivity contribution in [2.45, 2.75) is 64.9 Å². The van der Waals surface area contributed by atoms with Gasteiger partial charge in [0.1, 0.15) is 5.82 Å². The molecule has 4 heteroatoms. The van der Waals surface area contributed by atoms with E-state index in [1.54, 1.807) is 6.07 Å². The van der Waals surface area contributed by atoms with Crippen LogP contribution in [-0.4, -0.2) is 29.5 Å². The largest absolute Gasteiger partial charge is 0.396 e. The number of nitrogens with one attached hydrogen (secondary N) is 1. The molecule has 1 aromatic carbocycles. The third kappa shape index (κ3) is 3.71. The van der Waals surface area contributed by atoms with Crippen LogP contribution in [0.1, 0.15) is 58.8 Å². The Morgan fingerprint density at radius 3 is 2.70 bits per heavy atom. The van der Waals surface area contributed by atoms with Crippen LogP contribution in [0.15, 0.2) is 36.4 Å². The standard InChI is InChI=1S/C26H38FNO2/c1-17-7-8-23-22(16-29)24(10-12-25(17,23)2)26(3)11-9-21(30)13-18(26)15-28-20-6-4-5-19(27)14-20/h4-6,14,18,21-24,28-30H,1,7-13,15-16H2,2-3H3/t18-,21+,22+,23?,24?,25-,26+/m1/s1. The molecular weight excluding hydrogens is 377 g/mol. The van der Waals surface area contributed by atoms with E-state index in [1.165, 1.54) is 17.7 Å². The highest BCUT2D eigenvalue weighted by Crippen LogP contribution is 2.63. The van der Waals surface area contributed by atoms with Crippen LogP contribution in [0.5, 0.6) is 0 Å².